The van der Waals surface area contributed by atoms with E-state index in [0.717, 1.165) is 24.3 Å². The first-order chi connectivity index (χ1) is 12.9. The van der Waals surface area contributed by atoms with Crippen molar-refractivity contribution in [1.29, 1.82) is 0 Å². The average Bonchev–Trinajstić information content (AvgIpc) is 2.58. The molecule has 0 aliphatic rings. The highest BCUT2D eigenvalue weighted by Crippen LogP contribution is 2.04. The molecule has 1 atom stereocenters. The van der Waals surface area contributed by atoms with Gasteiger partial charge in [0.15, 0.2) is 12.4 Å². The Labute approximate surface area is 158 Å². The molecule has 0 radical (unpaired) electrons. The Balaban J connectivity index is 2.08. The van der Waals surface area contributed by atoms with Crippen LogP contribution in [0.4, 0.5) is 4.79 Å². The van der Waals surface area contributed by atoms with Crippen LogP contribution in [0.5, 0.6) is 0 Å². The molecule has 0 bridgehead atoms. The van der Waals surface area contributed by atoms with Gasteiger partial charge in [0, 0.05) is 6.04 Å². The van der Waals surface area contributed by atoms with E-state index in [0.29, 0.717) is 23.3 Å². The number of rotatable bonds is 8. The predicted octanol–water partition coefficient (Wildman–Crippen LogP) is 0.342. The number of unbranched alkanes of at least 4 members (excludes halogenated alkanes) is 1. The minimum Gasteiger partial charge on any atom is -0.336 e. The second-order valence-corrected chi connectivity index (χ2v) is 6.91. The molecule has 0 aliphatic carbocycles. The first-order valence-corrected chi connectivity index (χ1v) is 9.31. The maximum Gasteiger partial charge on any atom is 0.321 e. The molecule has 2 aromatic rings. The molecule has 8 nitrogen and oxygen atoms in total. The van der Waals surface area contributed by atoms with Gasteiger partial charge in [-0.2, -0.15) is 0 Å². The highest BCUT2D eigenvalue weighted by atomic mass is 16.2. The first-order valence-electron chi connectivity index (χ1n) is 9.31. The van der Waals surface area contributed by atoms with Gasteiger partial charge < -0.3 is 15.2 Å². The lowest BCUT2D eigenvalue weighted by Gasteiger charge is -2.18. The molecule has 0 aliphatic heterocycles. The van der Waals surface area contributed by atoms with Crippen LogP contribution in [-0.4, -0.2) is 41.0 Å². The fraction of sp³-hybridized carbons (Fsp3) is 0.474. The summed E-state index contributed by atoms with van der Waals surface area (Å²) in [5, 5.41) is 5.51. The van der Waals surface area contributed by atoms with Crippen molar-refractivity contribution in [1.82, 2.24) is 20.6 Å². The molecule has 0 saturated heterocycles. The number of aromatic amines is 1. The van der Waals surface area contributed by atoms with Gasteiger partial charge >= 0.3 is 6.03 Å². The van der Waals surface area contributed by atoms with Crippen LogP contribution in [-0.2, 0) is 11.3 Å². The summed E-state index contributed by atoms with van der Waals surface area (Å²) in [6, 6.07) is 6.61. The zero-order valence-electron chi connectivity index (χ0n) is 16.1. The summed E-state index contributed by atoms with van der Waals surface area (Å²) in [4.78, 5) is 44.4. The third-order valence-electron chi connectivity index (χ3n) is 4.05. The maximum atomic E-state index is 12.2. The molecule has 0 spiro atoms. The zero-order chi connectivity index (χ0) is 19.8. The van der Waals surface area contributed by atoms with E-state index in [1.54, 1.807) is 18.2 Å². The zero-order valence-corrected chi connectivity index (χ0v) is 16.1. The summed E-state index contributed by atoms with van der Waals surface area (Å²) in [7, 11) is 0. The number of amides is 3. The van der Waals surface area contributed by atoms with Crippen molar-refractivity contribution in [3.8, 4) is 0 Å². The van der Waals surface area contributed by atoms with E-state index in [2.05, 4.69) is 27.5 Å². The van der Waals surface area contributed by atoms with E-state index in [4.69, 9.17) is 0 Å². The number of H-pyrrole nitrogens is 1. The first kappa shape index (κ1) is 20.6. The number of para-hydroxylation sites is 1. The van der Waals surface area contributed by atoms with E-state index in [-0.39, 0.29) is 24.1 Å². The second kappa shape index (κ2) is 9.82. The van der Waals surface area contributed by atoms with Gasteiger partial charge in [-0.05, 0) is 32.4 Å². The van der Waals surface area contributed by atoms with Crippen molar-refractivity contribution in [3.05, 3.63) is 40.4 Å². The number of urea groups is 1. The fourth-order valence-corrected chi connectivity index (χ4v) is 2.82. The quantitative estimate of drug-likeness (QED) is 0.534. The molecule has 0 fully saturated rings. The van der Waals surface area contributed by atoms with Crippen LogP contribution in [0.2, 0.25) is 0 Å². The molecule has 2 rings (SSSR count). The Kier molecular flexibility index (Phi) is 7.48. The molecule has 1 aromatic heterocycles. The summed E-state index contributed by atoms with van der Waals surface area (Å²) in [5.41, 5.74) is 0.443. The third-order valence-corrected chi connectivity index (χ3v) is 4.05. The van der Waals surface area contributed by atoms with Crippen LogP contribution in [0.25, 0.3) is 10.9 Å². The van der Waals surface area contributed by atoms with Crippen molar-refractivity contribution in [2.75, 3.05) is 13.1 Å². The van der Waals surface area contributed by atoms with Gasteiger partial charge in [0.2, 0.25) is 0 Å². The predicted molar refractivity (Wildman–Crippen MR) is 103 cm³/mol. The number of benzene rings is 1. The van der Waals surface area contributed by atoms with E-state index in [1.165, 1.54) is 0 Å². The van der Waals surface area contributed by atoms with Gasteiger partial charge in [-0.25, -0.2) is 9.78 Å². The molecule has 3 amide bonds. The summed E-state index contributed by atoms with van der Waals surface area (Å²) in [6.07, 6.45) is 1.92. The number of quaternary nitrogens is 1. The lowest BCUT2D eigenvalue weighted by molar-refractivity contribution is -0.906. The largest absolute Gasteiger partial charge is 0.336 e. The summed E-state index contributed by atoms with van der Waals surface area (Å²) >= 11 is 0. The molecular formula is C19H28N5O3+. The Morgan fingerprint density at radius 1 is 1.26 bits per heavy atom. The second-order valence-electron chi connectivity index (χ2n) is 6.91. The normalized spacial score (nSPS) is 12.1. The monoisotopic (exact) mass is 374 g/mol. The number of carbonyl (C=O) groups is 2. The maximum absolute atomic E-state index is 12.2. The number of aromatic nitrogens is 2. The van der Waals surface area contributed by atoms with Crippen LogP contribution in [0.1, 0.15) is 39.4 Å². The van der Waals surface area contributed by atoms with Crippen LogP contribution >= 0.6 is 0 Å². The summed E-state index contributed by atoms with van der Waals surface area (Å²) < 4.78 is 0. The minimum atomic E-state index is -0.498. The minimum absolute atomic E-state index is 0.0479. The molecule has 1 heterocycles. The topological polar surface area (TPSA) is 108 Å². The summed E-state index contributed by atoms with van der Waals surface area (Å²) in [6.45, 7) is 6.99. The molecule has 1 unspecified atom stereocenters. The van der Waals surface area contributed by atoms with Crippen molar-refractivity contribution < 1.29 is 14.5 Å². The van der Waals surface area contributed by atoms with E-state index in [1.807, 2.05) is 19.9 Å². The molecule has 146 valence electrons. The van der Waals surface area contributed by atoms with Gasteiger partial charge in [0.1, 0.15) is 6.54 Å². The Morgan fingerprint density at radius 2 is 2.00 bits per heavy atom. The highest BCUT2D eigenvalue weighted by molar-refractivity contribution is 5.94. The Hall–Kier alpha value is -2.74. The van der Waals surface area contributed by atoms with Crippen molar-refractivity contribution in [3.63, 3.8) is 0 Å². The number of carbonyl (C=O) groups excluding carboxylic acids is 2. The number of fused-ring (bicyclic) bond motifs is 1. The smallest absolute Gasteiger partial charge is 0.321 e. The molecule has 8 heteroatoms. The highest BCUT2D eigenvalue weighted by Gasteiger charge is 2.18. The Bertz CT molecular complexity index is 847. The lowest BCUT2D eigenvalue weighted by Crippen LogP contribution is -3.12. The van der Waals surface area contributed by atoms with Crippen molar-refractivity contribution in [2.24, 2.45) is 0 Å². The molecule has 27 heavy (non-hydrogen) atoms. The molecule has 4 N–H and O–H groups in total. The lowest BCUT2D eigenvalue weighted by atomic mass is 10.2. The third kappa shape index (κ3) is 6.49. The van der Waals surface area contributed by atoms with Crippen molar-refractivity contribution >= 4 is 22.8 Å². The Morgan fingerprint density at radius 3 is 2.70 bits per heavy atom. The van der Waals surface area contributed by atoms with Crippen LogP contribution in [0.15, 0.2) is 29.1 Å². The number of hydrogen-bond donors (Lipinski definition) is 4. The SMILES string of the molecule is CCCC[NH+](CC(=O)NC(=O)NC(C)C)Cc1nc2ccccc2c(=O)[nH]1. The van der Waals surface area contributed by atoms with E-state index < -0.39 is 6.03 Å². The average molecular weight is 374 g/mol. The van der Waals surface area contributed by atoms with Crippen LogP contribution in [0.3, 0.4) is 0 Å². The number of nitrogens with one attached hydrogen (secondary N) is 4. The van der Waals surface area contributed by atoms with Gasteiger partial charge in [-0.1, -0.05) is 25.5 Å². The molecule has 0 saturated carbocycles. The fourth-order valence-electron chi connectivity index (χ4n) is 2.82. The summed E-state index contributed by atoms with van der Waals surface area (Å²) in [5.74, 6) is 0.173. The van der Waals surface area contributed by atoms with Gasteiger partial charge in [-0.15, -0.1) is 0 Å². The van der Waals surface area contributed by atoms with Gasteiger partial charge in [0.25, 0.3) is 11.5 Å². The van der Waals surface area contributed by atoms with Crippen molar-refractivity contribution in [2.45, 2.75) is 46.2 Å². The molecule has 1 aromatic carbocycles. The van der Waals surface area contributed by atoms with Gasteiger partial charge in [0.05, 0.1) is 17.4 Å². The number of imide groups is 1. The number of hydrogen-bond acceptors (Lipinski definition) is 4. The van der Waals surface area contributed by atoms with E-state index in [9.17, 15) is 14.4 Å². The van der Waals surface area contributed by atoms with Crippen LogP contribution < -0.4 is 21.1 Å². The molecular weight excluding hydrogens is 346 g/mol. The number of nitrogens with zero attached hydrogens (tertiary/aromatic N) is 1. The van der Waals surface area contributed by atoms with Crippen LogP contribution in [0, 0.1) is 0 Å². The van der Waals surface area contributed by atoms with E-state index >= 15 is 0 Å². The van der Waals surface area contributed by atoms with Gasteiger partial charge in [-0.3, -0.25) is 14.9 Å². The standard InChI is InChI=1S/C19H27N5O3/c1-4-5-10-24(12-17(25)23-19(27)20-13(2)3)11-16-21-15-9-7-6-8-14(15)18(26)22-16/h6-9,13H,4-5,10-12H2,1-3H3,(H,21,22,26)(H2,20,23,25,27)/p+1.